The summed E-state index contributed by atoms with van der Waals surface area (Å²) in [6.45, 7) is 0.913. The van der Waals surface area contributed by atoms with Crippen LogP contribution < -0.4 is 10.2 Å². The molecule has 2 aromatic rings. The van der Waals surface area contributed by atoms with Crippen LogP contribution in [0.3, 0.4) is 0 Å². The molecule has 28 heavy (non-hydrogen) atoms. The first-order chi connectivity index (χ1) is 13.6. The summed E-state index contributed by atoms with van der Waals surface area (Å²) in [6.07, 6.45) is 1.50. The number of nitrogens with one attached hydrogen (secondary N) is 2. The number of rotatable bonds is 8. The van der Waals surface area contributed by atoms with E-state index in [1.165, 1.54) is 16.2 Å². The van der Waals surface area contributed by atoms with Gasteiger partial charge in [0.2, 0.25) is 16.9 Å². The van der Waals surface area contributed by atoms with Gasteiger partial charge in [-0.15, -0.1) is 20.4 Å². The maximum Gasteiger partial charge on any atom is 0.290 e. The quantitative estimate of drug-likeness (QED) is 0.360. The number of methoxy groups -OCH3 is 1. The molecule has 1 atom stereocenters. The Morgan fingerprint density at radius 1 is 1.46 bits per heavy atom. The predicted molar refractivity (Wildman–Crippen MR) is 95.3 cm³/mol. The molecule has 1 aliphatic heterocycles. The van der Waals surface area contributed by atoms with Crippen molar-refractivity contribution in [1.82, 2.24) is 36.1 Å². The molecular weight excluding hydrogens is 392 g/mol. The summed E-state index contributed by atoms with van der Waals surface area (Å²) >= 11 is 1.30. The topological polar surface area (TPSA) is 176 Å². The molecule has 2 aromatic heterocycles. The maximum atomic E-state index is 12.2. The molecule has 0 bridgehead atoms. The van der Waals surface area contributed by atoms with E-state index in [0.29, 0.717) is 48.5 Å². The average Bonchev–Trinajstić information content (AvgIpc) is 3.40. The fourth-order valence-corrected chi connectivity index (χ4v) is 3.33. The van der Waals surface area contributed by atoms with Gasteiger partial charge in [0.1, 0.15) is 11.6 Å². The number of carboxylic acid groups (broad SMARTS) is 1. The van der Waals surface area contributed by atoms with Gasteiger partial charge in [-0.3, -0.25) is 19.3 Å². The fourth-order valence-electron chi connectivity index (χ4n) is 2.49. The number of aryl methyl sites for hydroxylation is 1. The zero-order valence-corrected chi connectivity index (χ0v) is 15.9. The molecule has 1 unspecified atom stereocenters. The highest BCUT2D eigenvalue weighted by molar-refractivity contribution is 7.15. The molecule has 3 heterocycles. The molecule has 1 fully saturated rings. The Labute approximate surface area is 163 Å². The maximum absolute atomic E-state index is 12.2. The lowest BCUT2D eigenvalue weighted by Crippen LogP contribution is -2.33. The second-order valence-corrected chi connectivity index (χ2v) is 6.69. The van der Waals surface area contributed by atoms with E-state index in [4.69, 9.17) is 14.6 Å². The van der Waals surface area contributed by atoms with Crippen LogP contribution in [0.4, 0.5) is 5.13 Å². The first-order valence-electron chi connectivity index (χ1n) is 8.28. The zero-order valence-electron chi connectivity index (χ0n) is 15.1. The van der Waals surface area contributed by atoms with Gasteiger partial charge in [0, 0.05) is 33.0 Å². The van der Waals surface area contributed by atoms with E-state index in [1.54, 1.807) is 7.11 Å². The SMILES string of the molecule is COCc1nnc(N2CC(C(=O)NCCCc3nn[nH]n3)CC2=O)s1.O=CO. The van der Waals surface area contributed by atoms with Crippen molar-refractivity contribution in [2.75, 3.05) is 25.1 Å². The van der Waals surface area contributed by atoms with E-state index in [9.17, 15) is 9.59 Å². The molecular formula is C14H20N8O5S. The number of hydrogen-bond acceptors (Lipinski definition) is 10. The number of carbonyl (C=O) groups is 3. The van der Waals surface area contributed by atoms with Gasteiger partial charge in [-0.25, -0.2) is 0 Å². The number of tetrazole rings is 1. The van der Waals surface area contributed by atoms with E-state index in [1.807, 2.05) is 0 Å². The van der Waals surface area contributed by atoms with Crippen molar-refractivity contribution in [3.05, 3.63) is 10.8 Å². The van der Waals surface area contributed by atoms with E-state index < -0.39 is 0 Å². The largest absolute Gasteiger partial charge is 0.483 e. The van der Waals surface area contributed by atoms with Crippen LogP contribution in [0.2, 0.25) is 0 Å². The minimum atomic E-state index is -0.382. The number of carbonyl (C=O) groups excluding carboxylic acids is 2. The number of aromatic amines is 1. The minimum absolute atomic E-state index is 0.118. The molecule has 14 heteroatoms. The van der Waals surface area contributed by atoms with Crippen molar-refractivity contribution in [2.24, 2.45) is 5.92 Å². The Hall–Kier alpha value is -3.00. The number of ether oxygens (including phenoxy) is 1. The number of amides is 2. The van der Waals surface area contributed by atoms with Crippen LogP contribution in [-0.2, 0) is 32.1 Å². The second kappa shape index (κ2) is 11.0. The molecule has 152 valence electrons. The van der Waals surface area contributed by atoms with Crippen LogP contribution in [0.5, 0.6) is 0 Å². The molecule has 1 saturated heterocycles. The van der Waals surface area contributed by atoms with Crippen molar-refractivity contribution in [3.63, 3.8) is 0 Å². The predicted octanol–water partition coefficient (Wildman–Crippen LogP) is -1.000. The lowest BCUT2D eigenvalue weighted by atomic mass is 10.1. The zero-order chi connectivity index (χ0) is 20.4. The van der Waals surface area contributed by atoms with E-state index in [-0.39, 0.29) is 30.6 Å². The summed E-state index contributed by atoms with van der Waals surface area (Å²) in [4.78, 5) is 34.3. The summed E-state index contributed by atoms with van der Waals surface area (Å²) in [6, 6.07) is 0. The van der Waals surface area contributed by atoms with Gasteiger partial charge in [0.25, 0.3) is 6.47 Å². The van der Waals surface area contributed by atoms with Gasteiger partial charge in [-0.05, 0) is 6.42 Å². The third-order valence-electron chi connectivity index (χ3n) is 3.72. The molecule has 3 rings (SSSR count). The summed E-state index contributed by atoms with van der Waals surface area (Å²) in [5, 5.41) is 32.5. The summed E-state index contributed by atoms with van der Waals surface area (Å²) in [5.41, 5.74) is 0. The lowest BCUT2D eigenvalue weighted by molar-refractivity contribution is -0.126. The molecule has 0 radical (unpaired) electrons. The highest BCUT2D eigenvalue weighted by Crippen LogP contribution is 2.28. The highest BCUT2D eigenvalue weighted by atomic mass is 32.1. The van der Waals surface area contributed by atoms with Gasteiger partial charge in [-0.1, -0.05) is 16.6 Å². The average molecular weight is 412 g/mol. The number of nitrogens with zero attached hydrogens (tertiary/aromatic N) is 6. The summed E-state index contributed by atoms with van der Waals surface area (Å²) in [7, 11) is 1.57. The third-order valence-corrected chi connectivity index (χ3v) is 4.64. The van der Waals surface area contributed by atoms with Gasteiger partial charge in [-0.2, -0.15) is 5.21 Å². The molecule has 3 N–H and O–H groups in total. The Morgan fingerprint density at radius 3 is 2.93 bits per heavy atom. The Balaban J connectivity index is 0.000000878. The number of aromatic nitrogens is 6. The Kier molecular flexibility index (Phi) is 8.36. The third kappa shape index (κ3) is 6.02. The van der Waals surface area contributed by atoms with Crippen LogP contribution in [0.1, 0.15) is 23.7 Å². The number of H-pyrrole nitrogens is 1. The fraction of sp³-hybridized carbons (Fsp3) is 0.571. The number of hydrogen-bond donors (Lipinski definition) is 3. The van der Waals surface area contributed by atoms with E-state index in [0.717, 1.165) is 0 Å². The molecule has 0 aliphatic carbocycles. The summed E-state index contributed by atoms with van der Waals surface area (Å²) in [5.74, 6) is -0.0234. The van der Waals surface area contributed by atoms with E-state index in [2.05, 4.69) is 36.1 Å². The highest BCUT2D eigenvalue weighted by Gasteiger charge is 2.36. The molecule has 0 spiro atoms. The van der Waals surface area contributed by atoms with Gasteiger partial charge in [0.15, 0.2) is 5.82 Å². The first-order valence-corrected chi connectivity index (χ1v) is 9.10. The van der Waals surface area contributed by atoms with Crippen LogP contribution in [0.15, 0.2) is 0 Å². The van der Waals surface area contributed by atoms with Crippen LogP contribution in [-0.4, -0.2) is 74.4 Å². The van der Waals surface area contributed by atoms with Crippen LogP contribution >= 0.6 is 11.3 Å². The minimum Gasteiger partial charge on any atom is -0.483 e. The molecule has 2 amide bonds. The standard InChI is InChI=1S/C13H18N8O3S.CH2O2/c1-24-7-10-17-18-13(25-10)21-6-8(5-11(21)22)12(23)14-4-2-3-9-15-19-20-16-9;2-1-3/h8H,2-7H2,1H3,(H,14,23)(H,15,16,19,20);1H,(H,2,3). The number of anilines is 1. The lowest BCUT2D eigenvalue weighted by Gasteiger charge is -2.12. The first kappa shape index (κ1) is 21.3. The van der Waals surface area contributed by atoms with Gasteiger partial charge in [0.05, 0.1) is 5.92 Å². The van der Waals surface area contributed by atoms with Crippen molar-refractivity contribution in [1.29, 1.82) is 0 Å². The van der Waals surface area contributed by atoms with E-state index >= 15 is 0 Å². The van der Waals surface area contributed by atoms with Crippen LogP contribution in [0.25, 0.3) is 0 Å². The van der Waals surface area contributed by atoms with Crippen molar-refractivity contribution < 1.29 is 24.2 Å². The van der Waals surface area contributed by atoms with Gasteiger partial charge < -0.3 is 15.2 Å². The Morgan fingerprint density at radius 2 is 2.25 bits per heavy atom. The summed E-state index contributed by atoms with van der Waals surface area (Å²) < 4.78 is 5.00. The monoisotopic (exact) mass is 412 g/mol. The molecule has 1 aliphatic rings. The molecule has 0 aromatic carbocycles. The van der Waals surface area contributed by atoms with Crippen molar-refractivity contribution >= 4 is 34.8 Å². The molecule has 0 saturated carbocycles. The normalized spacial score (nSPS) is 15.8. The second-order valence-electron chi connectivity index (χ2n) is 5.64. The smallest absolute Gasteiger partial charge is 0.290 e. The van der Waals surface area contributed by atoms with Gasteiger partial charge >= 0.3 is 0 Å². The van der Waals surface area contributed by atoms with Crippen molar-refractivity contribution in [3.8, 4) is 0 Å². The van der Waals surface area contributed by atoms with Crippen LogP contribution in [0, 0.1) is 5.92 Å². The molecule has 13 nitrogen and oxygen atoms in total. The van der Waals surface area contributed by atoms with Crippen molar-refractivity contribution in [2.45, 2.75) is 25.9 Å². The Bertz CT molecular complexity index is 768.